The van der Waals surface area contributed by atoms with Gasteiger partial charge in [0, 0.05) is 42.4 Å². The maximum Gasteiger partial charge on any atom is 0.407 e. The average molecular weight is 473 g/mol. The van der Waals surface area contributed by atoms with Crippen molar-refractivity contribution < 1.29 is 14.3 Å². The number of rotatable bonds is 7. The molecule has 0 saturated carbocycles. The quantitative estimate of drug-likeness (QED) is 0.270. The van der Waals surface area contributed by atoms with E-state index < -0.39 is 6.09 Å². The molecule has 0 spiro atoms. The molecule has 172 valence electrons. The van der Waals surface area contributed by atoms with Crippen molar-refractivity contribution in [2.75, 3.05) is 24.3 Å². The van der Waals surface area contributed by atoms with Crippen LogP contribution in [0.2, 0.25) is 0 Å². The van der Waals surface area contributed by atoms with Crippen molar-refractivity contribution in [3.63, 3.8) is 0 Å². The van der Waals surface area contributed by atoms with E-state index in [1.807, 2.05) is 36.4 Å². The molecule has 34 heavy (non-hydrogen) atoms. The molecule has 0 saturated heterocycles. The summed E-state index contributed by atoms with van der Waals surface area (Å²) in [6, 6.07) is 23.8. The standard InChI is InChI=1S/C28H25ClN2O3/c29-17-16-27(32)31-21-14-12-20(13-15-21)7-5-6-18-30-28(33)34-19-26-24-10-3-1-8-22(24)23-9-2-4-11-25(23)26/h1-4,8-15,26H,6,16-19H2,(H,30,33)(H,31,32). The number of hydrogen-bond donors (Lipinski definition) is 2. The summed E-state index contributed by atoms with van der Waals surface area (Å²) in [5.74, 6) is 6.30. The molecule has 1 aliphatic carbocycles. The fourth-order valence-electron chi connectivity index (χ4n) is 3.99. The van der Waals surface area contributed by atoms with Crippen LogP contribution in [0, 0.1) is 11.8 Å². The first-order valence-electron chi connectivity index (χ1n) is 11.2. The Kier molecular flexibility index (Phi) is 7.85. The number of carbonyl (C=O) groups is 2. The third-order valence-electron chi connectivity index (χ3n) is 5.59. The molecule has 1 aliphatic rings. The summed E-state index contributed by atoms with van der Waals surface area (Å²) in [6.45, 7) is 0.690. The minimum atomic E-state index is -0.444. The first kappa shape index (κ1) is 23.4. The second-order valence-corrected chi connectivity index (χ2v) is 8.25. The number of hydrogen-bond acceptors (Lipinski definition) is 3. The lowest BCUT2D eigenvalue weighted by Crippen LogP contribution is -2.26. The van der Waals surface area contributed by atoms with Gasteiger partial charge in [-0.05, 0) is 46.5 Å². The summed E-state index contributed by atoms with van der Waals surface area (Å²) in [5.41, 5.74) is 6.31. The molecule has 0 bridgehead atoms. The number of alkyl halides is 1. The largest absolute Gasteiger partial charge is 0.449 e. The third kappa shape index (κ3) is 5.78. The molecule has 0 fully saturated rings. The minimum absolute atomic E-state index is 0.0423. The van der Waals surface area contributed by atoms with Crippen molar-refractivity contribution >= 4 is 29.3 Å². The lowest BCUT2D eigenvalue weighted by atomic mass is 9.98. The monoisotopic (exact) mass is 472 g/mol. The third-order valence-corrected chi connectivity index (χ3v) is 5.77. The van der Waals surface area contributed by atoms with Crippen molar-refractivity contribution in [3.8, 4) is 23.0 Å². The van der Waals surface area contributed by atoms with Gasteiger partial charge in [0.05, 0.1) is 0 Å². The first-order valence-corrected chi connectivity index (χ1v) is 11.7. The van der Waals surface area contributed by atoms with Crippen LogP contribution in [0.25, 0.3) is 11.1 Å². The first-order chi connectivity index (χ1) is 16.7. The van der Waals surface area contributed by atoms with Gasteiger partial charge in [0.1, 0.15) is 6.61 Å². The maximum atomic E-state index is 12.2. The second-order valence-electron chi connectivity index (χ2n) is 7.87. The smallest absolute Gasteiger partial charge is 0.407 e. The summed E-state index contributed by atoms with van der Waals surface area (Å²) >= 11 is 5.56. The molecule has 3 aromatic rings. The fraction of sp³-hybridized carbons (Fsp3) is 0.214. The topological polar surface area (TPSA) is 67.4 Å². The molecule has 0 aliphatic heterocycles. The Labute approximate surface area is 204 Å². The minimum Gasteiger partial charge on any atom is -0.449 e. The second kappa shape index (κ2) is 11.4. The maximum absolute atomic E-state index is 12.2. The van der Waals surface area contributed by atoms with Gasteiger partial charge in [0.25, 0.3) is 0 Å². The number of halogens is 1. The lowest BCUT2D eigenvalue weighted by molar-refractivity contribution is -0.115. The number of carbonyl (C=O) groups excluding carboxylic acids is 2. The summed E-state index contributed by atoms with van der Waals surface area (Å²) < 4.78 is 5.53. The highest BCUT2D eigenvalue weighted by Crippen LogP contribution is 2.44. The van der Waals surface area contributed by atoms with Crippen LogP contribution in [0.3, 0.4) is 0 Å². The number of nitrogens with one attached hydrogen (secondary N) is 2. The van der Waals surface area contributed by atoms with Crippen LogP contribution in [-0.2, 0) is 9.53 Å². The molecule has 0 heterocycles. The Hall–Kier alpha value is -3.75. The van der Waals surface area contributed by atoms with Crippen molar-refractivity contribution in [1.82, 2.24) is 5.32 Å². The van der Waals surface area contributed by atoms with Gasteiger partial charge in [0.2, 0.25) is 5.91 Å². The SMILES string of the molecule is O=C(CCCl)Nc1ccc(C#CCCNC(=O)OCC2c3ccccc3-c3ccccc32)cc1. The molecule has 2 N–H and O–H groups in total. The molecule has 6 heteroatoms. The Balaban J connectivity index is 1.22. The highest BCUT2D eigenvalue weighted by Gasteiger charge is 2.28. The molecule has 3 aromatic carbocycles. The summed E-state index contributed by atoms with van der Waals surface area (Å²) in [7, 11) is 0. The van der Waals surface area contributed by atoms with Crippen LogP contribution in [0.1, 0.15) is 35.4 Å². The Morgan fingerprint density at radius 3 is 2.21 bits per heavy atom. The van der Waals surface area contributed by atoms with Crippen LogP contribution < -0.4 is 10.6 Å². The van der Waals surface area contributed by atoms with Crippen molar-refractivity contribution in [3.05, 3.63) is 89.5 Å². The fourth-order valence-corrected chi connectivity index (χ4v) is 4.16. The lowest BCUT2D eigenvalue weighted by Gasteiger charge is -2.14. The highest BCUT2D eigenvalue weighted by atomic mass is 35.5. The average Bonchev–Trinajstić information content (AvgIpc) is 3.17. The normalized spacial score (nSPS) is 11.6. The molecule has 2 amide bonds. The zero-order valence-electron chi connectivity index (χ0n) is 18.6. The van der Waals surface area contributed by atoms with Gasteiger partial charge >= 0.3 is 6.09 Å². The van der Waals surface area contributed by atoms with E-state index in [2.05, 4.69) is 46.7 Å². The Bertz CT molecular complexity index is 1180. The van der Waals surface area contributed by atoms with Crippen LogP contribution in [-0.4, -0.2) is 31.0 Å². The van der Waals surface area contributed by atoms with Crippen molar-refractivity contribution in [1.29, 1.82) is 0 Å². The molecule has 5 nitrogen and oxygen atoms in total. The van der Waals surface area contributed by atoms with Crippen LogP contribution in [0.15, 0.2) is 72.8 Å². The molecule has 0 unspecified atom stereocenters. The van der Waals surface area contributed by atoms with E-state index in [0.29, 0.717) is 31.1 Å². The molecular weight excluding hydrogens is 448 g/mol. The zero-order chi connectivity index (χ0) is 23.8. The van der Waals surface area contributed by atoms with Gasteiger partial charge in [-0.15, -0.1) is 11.6 Å². The van der Waals surface area contributed by atoms with Gasteiger partial charge in [0.15, 0.2) is 0 Å². The van der Waals surface area contributed by atoms with E-state index in [9.17, 15) is 9.59 Å². The van der Waals surface area contributed by atoms with Gasteiger partial charge < -0.3 is 15.4 Å². The van der Waals surface area contributed by atoms with E-state index in [0.717, 1.165) is 5.56 Å². The highest BCUT2D eigenvalue weighted by molar-refractivity contribution is 6.19. The number of anilines is 1. The van der Waals surface area contributed by atoms with E-state index in [1.54, 1.807) is 12.1 Å². The van der Waals surface area contributed by atoms with E-state index in [1.165, 1.54) is 22.3 Å². The van der Waals surface area contributed by atoms with E-state index in [4.69, 9.17) is 16.3 Å². The molecule has 0 radical (unpaired) electrons. The van der Waals surface area contributed by atoms with Crippen molar-refractivity contribution in [2.24, 2.45) is 0 Å². The molecule has 0 atom stereocenters. The van der Waals surface area contributed by atoms with Gasteiger partial charge in [-0.25, -0.2) is 4.79 Å². The van der Waals surface area contributed by atoms with Crippen LogP contribution in [0.5, 0.6) is 0 Å². The summed E-state index contributed by atoms with van der Waals surface area (Å²) in [5, 5.41) is 5.53. The predicted molar refractivity (Wildman–Crippen MR) is 135 cm³/mol. The summed E-state index contributed by atoms with van der Waals surface area (Å²) in [6.07, 6.45) is 0.332. The number of ether oxygens (including phenoxy) is 1. The number of amides is 2. The van der Waals surface area contributed by atoms with Gasteiger partial charge in [-0.3, -0.25) is 4.79 Å². The predicted octanol–water partition coefficient (Wildman–Crippen LogP) is 5.53. The molecular formula is C28H25ClN2O3. The van der Waals surface area contributed by atoms with Gasteiger partial charge in [-0.1, -0.05) is 60.4 Å². The Morgan fingerprint density at radius 1 is 0.912 bits per heavy atom. The van der Waals surface area contributed by atoms with Gasteiger partial charge in [-0.2, -0.15) is 0 Å². The molecule has 0 aromatic heterocycles. The van der Waals surface area contributed by atoms with E-state index in [-0.39, 0.29) is 18.2 Å². The number of alkyl carbamates (subject to hydrolysis) is 1. The molecule has 4 rings (SSSR count). The number of fused-ring (bicyclic) bond motifs is 3. The van der Waals surface area contributed by atoms with E-state index >= 15 is 0 Å². The van der Waals surface area contributed by atoms with Crippen LogP contribution in [0.4, 0.5) is 10.5 Å². The summed E-state index contributed by atoms with van der Waals surface area (Å²) in [4.78, 5) is 23.8. The number of benzene rings is 3. The zero-order valence-corrected chi connectivity index (χ0v) is 19.4. The Morgan fingerprint density at radius 2 is 1.56 bits per heavy atom. The van der Waals surface area contributed by atoms with Crippen LogP contribution >= 0.6 is 11.6 Å². The van der Waals surface area contributed by atoms with Crippen molar-refractivity contribution in [2.45, 2.75) is 18.8 Å².